The molecule has 7 nitrogen and oxygen atoms in total. The number of fused-ring (bicyclic) bond motifs is 1. The second kappa shape index (κ2) is 7.49. The van der Waals surface area contributed by atoms with Crippen molar-refractivity contribution in [2.75, 3.05) is 6.61 Å². The van der Waals surface area contributed by atoms with Gasteiger partial charge in [0.05, 0.1) is 17.7 Å². The van der Waals surface area contributed by atoms with Crippen molar-refractivity contribution < 1.29 is 19.1 Å². The molecule has 0 bridgehead atoms. The monoisotopic (exact) mass is 421 g/mol. The summed E-state index contributed by atoms with van der Waals surface area (Å²) in [6.45, 7) is 4.07. The lowest BCUT2D eigenvalue weighted by Crippen LogP contribution is -2.31. The molecule has 1 fully saturated rings. The van der Waals surface area contributed by atoms with Crippen molar-refractivity contribution in [1.29, 1.82) is 0 Å². The predicted octanol–water partition coefficient (Wildman–Crippen LogP) is 2.54. The van der Waals surface area contributed by atoms with Gasteiger partial charge in [0.15, 0.2) is 0 Å². The molecule has 1 atom stereocenters. The molecule has 1 saturated heterocycles. The summed E-state index contributed by atoms with van der Waals surface area (Å²) in [5.41, 5.74) is 5.80. The number of halogens is 1. The molecular formula is C18H20BrN3O4. The van der Waals surface area contributed by atoms with E-state index in [1.54, 1.807) is 18.3 Å². The maximum atomic E-state index is 11.8. The number of primary amides is 1. The summed E-state index contributed by atoms with van der Waals surface area (Å²) in [5.74, 6) is 0.265. The number of nitrogens with one attached hydrogen (secondary N) is 1. The fourth-order valence-electron chi connectivity index (χ4n) is 2.85. The fraction of sp³-hybridized carbons (Fsp3) is 0.389. The number of hydrogen-bond donors (Lipinski definition) is 2. The third-order valence-corrected chi connectivity index (χ3v) is 4.67. The van der Waals surface area contributed by atoms with Crippen molar-refractivity contribution in [2.45, 2.75) is 38.8 Å². The summed E-state index contributed by atoms with van der Waals surface area (Å²) >= 11 is 3.45. The molecule has 1 unspecified atom stereocenters. The van der Waals surface area contributed by atoms with Crippen LogP contribution in [0.1, 0.15) is 37.0 Å². The number of nitrogens with zero attached hydrogens (tertiary/aromatic N) is 1. The van der Waals surface area contributed by atoms with Gasteiger partial charge < -0.3 is 20.5 Å². The van der Waals surface area contributed by atoms with Gasteiger partial charge in [0, 0.05) is 27.9 Å². The normalized spacial score (nSPS) is 16.8. The zero-order chi connectivity index (χ0) is 18.8. The molecule has 3 N–H and O–H groups in total. The minimum absolute atomic E-state index is 0.0284. The van der Waals surface area contributed by atoms with Crippen LogP contribution >= 0.6 is 15.9 Å². The Balaban J connectivity index is 1.99. The van der Waals surface area contributed by atoms with E-state index in [1.165, 1.54) is 0 Å². The molecule has 26 heavy (non-hydrogen) atoms. The fourth-order valence-corrected chi connectivity index (χ4v) is 3.28. The minimum Gasteiger partial charge on any atom is -0.490 e. The Bertz CT molecular complexity index is 869. The molecule has 2 amide bonds. The van der Waals surface area contributed by atoms with Crippen molar-refractivity contribution in [3.63, 3.8) is 0 Å². The molecule has 1 aromatic carbocycles. The highest BCUT2D eigenvalue weighted by Crippen LogP contribution is 2.35. The Hall–Kier alpha value is -2.35. The molecule has 1 aliphatic rings. The highest BCUT2D eigenvalue weighted by Gasteiger charge is 2.22. The summed E-state index contributed by atoms with van der Waals surface area (Å²) in [4.78, 5) is 27.5. The lowest BCUT2D eigenvalue weighted by molar-refractivity contribution is -0.119. The summed E-state index contributed by atoms with van der Waals surface area (Å²) in [6.07, 6.45) is 2.74. The lowest BCUT2D eigenvalue weighted by atomic mass is 10.1. The van der Waals surface area contributed by atoms with Gasteiger partial charge in [0.25, 0.3) is 5.91 Å². The van der Waals surface area contributed by atoms with Crippen LogP contribution in [0, 0.1) is 0 Å². The van der Waals surface area contributed by atoms with Crippen LogP contribution in [0.25, 0.3) is 10.8 Å². The van der Waals surface area contributed by atoms with Gasteiger partial charge in [-0.1, -0.05) is 0 Å². The molecule has 2 aromatic rings. The highest BCUT2D eigenvalue weighted by molar-refractivity contribution is 9.10. The first-order chi connectivity index (χ1) is 12.3. The van der Waals surface area contributed by atoms with E-state index < -0.39 is 5.91 Å². The van der Waals surface area contributed by atoms with Gasteiger partial charge in [-0.15, -0.1) is 0 Å². The molecule has 3 rings (SSSR count). The first-order valence-electron chi connectivity index (χ1n) is 8.36. The standard InChI is InChI=1S/C18H20BrN3O4/c1-9(2)26-15-6-12-11(5-13(15)17(20)24)14(19)7-21-18(12)25-8-10-3-4-16(23)22-10/h5-7,9-10H,3-4,8H2,1-2H3,(H2,20,24)(H,22,23). The van der Waals surface area contributed by atoms with Gasteiger partial charge in [0.1, 0.15) is 12.4 Å². The zero-order valence-electron chi connectivity index (χ0n) is 14.5. The summed E-state index contributed by atoms with van der Waals surface area (Å²) < 4.78 is 12.3. The maximum absolute atomic E-state index is 11.8. The smallest absolute Gasteiger partial charge is 0.252 e. The van der Waals surface area contributed by atoms with Gasteiger partial charge in [-0.3, -0.25) is 9.59 Å². The largest absolute Gasteiger partial charge is 0.490 e. The topological polar surface area (TPSA) is 104 Å². The van der Waals surface area contributed by atoms with Crippen molar-refractivity contribution in [2.24, 2.45) is 5.73 Å². The van der Waals surface area contributed by atoms with E-state index in [4.69, 9.17) is 15.2 Å². The van der Waals surface area contributed by atoms with E-state index in [0.29, 0.717) is 40.1 Å². The van der Waals surface area contributed by atoms with Crippen LogP contribution in [-0.2, 0) is 4.79 Å². The molecule has 8 heteroatoms. The number of hydrogen-bond acceptors (Lipinski definition) is 5. The number of ether oxygens (including phenoxy) is 2. The van der Waals surface area contributed by atoms with Crippen LogP contribution in [0.4, 0.5) is 0 Å². The van der Waals surface area contributed by atoms with Crippen LogP contribution in [-0.4, -0.2) is 35.6 Å². The van der Waals surface area contributed by atoms with Gasteiger partial charge in [-0.25, -0.2) is 4.98 Å². The van der Waals surface area contributed by atoms with Crippen LogP contribution in [0.15, 0.2) is 22.8 Å². The third-order valence-electron chi connectivity index (χ3n) is 4.04. The summed E-state index contributed by atoms with van der Waals surface area (Å²) in [6, 6.07) is 3.36. The van der Waals surface area contributed by atoms with E-state index in [1.807, 2.05) is 13.8 Å². The summed E-state index contributed by atoms with van der Waals surface area (Å²) in [7, 11) is 0. The maximum Gasteiger partial charge on any atom is 0.252 e. The SMILES string of the molecule is CC(C)Oc1cc2c(OCC3CCC(=O)N3)ncc(Br)c2cc1C(N)=O. The minimum atomic E-state index is -0.567. The average Bonchev–Trinajstić information content (AvgIpc) is 2.98. The first-order valence-corrected chi connectivity index (χ1v) is 9.15. The van der Waals surface area contributed by atoms with E-state index >= 15 is 0 Å². The number of carbonyl (C=O) groups excluding carboxylic acids is 2. The number of nitrogens with two attached hydrogens (primary N) is 1. The number of rotatable bonds is 6. The molecule has 2 heterocycles. The Morgan fingerprint density at radius 2 is 2.19 bits per heavy atom. The van der Waals surface area contributed by atoms with Crippen molar-refractivity contribution in [1.82, 2.24) is 10.3 Å². The van der Waals surface area contributed by atoms with Crippen molar-refractivity contribution in [3.05, 3.63) is 28.4 Å². The van der Waals surface area contributed by atoms with Gasteiger partial charge >= 0.3 is 0 Å². The van der Waals surface area contributed by atoms with Gasteiger partial charge in [0.2, 0.25) is 11.8 Å². The van der Waals surface area contributed by atoms with E-state index in [-0.39, 0.29) is 18.1 Å². The molecule has 0 spiro atoms. The number of pyridine rings is 1. The van der Waals surface area contributed by atoms with Crippen molar-refractivity contribution >= 4 is 38.5 Å². The molecule has 138 valence electrons. The molecule has 1 aromatic heterocycles. The van der Waals surface area contributed by atoms with Crippen LogP contribution in [0.5, 0.6) is 11.6 Å². The predicted molar refractivity (Wildman–Crippen MR) is 100 cm³/mol. The number of benzene rings is 1. The van der Waals surface area contributed by atoms with Crippen LogP contribution < -0.4 is 20.5 Å². The van der Waals surface area contributed by atoms with E-state index in [2.05, 4.69) is 26.2 Å². The zero-order valence-corrected chi connectivity index (χ0v) is 16.1. The van der Waals surface area contributed by atoms with Crippen LogP contribution in [0.3, 0.4) is 0 Å². The summed E-state index contributed by atoms with van der Waals surface area (Å²) in [5, 5.41) is 4.30. The van der Waals surface area contributed by atoms with Crippen LogP contribution in [0.2, 0.25) is 0 Å². The third kappa shape index (κ3) is 3.90. The Labute approximate surface area is 159 Å². The van der Waals surface area contributed by atoms with Gasteiger partial charge in [-0.05, 0) is 48.3 Å². The Kier molecular flexibility index (Phi) is 5.31. The number of aromatic nitrogens is 1. The molecule has 1 aliphatic heterocycles. The quantitative estimate of drug-likeness (QED) is 0.745. The van der Waals surface area contributed by atoms with Crippen molar-refractivity contribution in [3.8, 4) is 11.6 Å². The lowest BCUT2D eigenvalue weighted by Gasteiger charge is -2.17. The molecule has 0 aliphatic carbocycles. The van der Waals surface area contributed by atoms with E-state index in [9.17, 15) is 9.59 Å². The number of carbonyl (C=O) groups is 2. The number of amides is 2. The molecule has 0 saturated carbocycles. The Morgan fingerprint density at radius 3 is 2.81 bits per heavy atom. The molecule has 0 radical (unpaired) electrons. The molecular weight excluding hydrogens is 402 g/mol. The second-order valence-electron chi connectivity index (χ2n) is 6.45. The van der Waals surface area contributed by atoms with Gasteiger partial charge in [-0.2, -0.15) is 0 Å². The average molecular weight is 422 g/mol. The highest BCUT2D eigenvalue weighted by atomic mass is 79.9. The van der Waals surface area contributed by atoms with E-state index in [0.717, 1.165) is 11.8 Å². The first kappa shape index (κ1) is 18.4. The Morgan fingerprint density at radius 1 is 1.42 bits per heavy atom. The second-order valence-corrected chi connectivity index (χ2v) is 7.30.